The Morgan fingerprint density at radius 3 is 2.81 bits per heavy atom. The van der Waals surface area contributed by atoms with Gasteiger partial charge in [0, 0.05) is 13.1 Å². The first-order valence-corrected chi connectivity index (χ1v) is 7.47. The SMILES string of the molecule is Cc1cc(C#N)ccc1S(=O)N1CCC(CN=O)(N=O)C1. The summed E-state index contributed by atoms with van der Waals surface area (Å²) < 4.78 is 14.2. The minimum absolute atomic E-state index is 0.147. The van der Waals surface area contributed by atoms with E-state index < -0.39 is 16.5 Å². The number of nitrogens with zero attached hydrogens (tertiary/aromatic N) is 4. The van der Waals surface area contributed by atoms with Gasteiger partial charge < -0.3 is 0 Å². The minimum atomic E-state index is -1.45. The summed E-state index contributed by atoms with van der Waals surface area (Å²) in [5.74, 6) is 0. The Balaban J connectivity index is 2.21. The Labute approximate surface area is 124 Å². The molecule has 2 rings (SSSR count). The average Bonchev–Trinajstić information content (AvgIpc) is 2.91. The summed E-state index contributed by atoms with van der Waals surface area (Å²) in [6.45, 7) is 2.14. The second-order valence-corrected chi connectivity index (χ2v) is 6.51. The first-order valence-electron chi connectivity index (χ1n) is 6.36. The molecule has 1 heterocycles. The predicted molar refractivity (Wildman–Crippen MR) is 77.7 cm³/mol. The summed E-state index contributed by atoms with van der Waals surface area (Å²) in [7, 11) is -1.45. The van der Waals surface area contributed by atoms with Gasteiger partial charge in [0.15, 0.2) is 0 Å². The van der Waals surface area contributed by atoms with Crippen LogP contribution in [0, 0.1) is 28.1 Å². The van der Waals surface area contributed by atoms with Crippen LogP contribution in [0.5, 0.6) is 0 Å². The molecule has 0 saturated carbocycles. The Hall–Kier alpha value is -1.98. The van der Waals surface area contributed by atoms with Crippen LogP contribution in [0.3, 0.4) is 0 Å². The molecule has 1 aliphatic heterocycles. The van der Waals surface area contributed by atoms with Crippen molar-refractivity contribution in [3.63, 3.8) is 0 Å². The van der Waals surface area contributed by atoms with E-state index in [0.717, 1.165) is 5.56 Å². The highest BCUT2D eigenvalue weighted by Crippen LogP contribution is 2.29. The lowest BCUT2D eigenvalue weighted by atomic mass is 10.0. The molecular weight excluding hydrogens is 292 g/mol. The van der Waals surface area contributed by atoms with Crippen molar-refractivity contribution in [2.24, 2.45) is 10.4 Å². The molecule has 0 aromatic heterocycles. The molecule has 1 saturated heterocycles. The highest BCUT2D eigenvalue weighted by molar-refractivity contribution is 7.82. The Kier molecular flexibility index (Phi) is 4.55. The third-order valence-electron chi connectivity index (χ3n) is 3.58. The number of nitriles is 1. The van der Waals surface area contributed by atoms with Crippen LogP contribution in [-0.2, 0) is 11.0 Å². The topological polar surface area (TPSA) is 103 Å². The van der Waals surface area contributed by atoms with Crippen molar-refractivity contribution in [2.75, 3.05) is 19.6 Å². The first-order chi connectivity index (χ1) is 10.0. The van der Waals surface area contributed by atoms with E-state index in [1.54, 1.807) is 29.4 Å². The van der Waals surface area contributed by atoms with Crippen LogP contribution in [0.15, 0.2) is 33.4 Å². The molecule has 1 aliphatic rings. The molecule has 110 valence electrons. The summed E-state index contributed by atoms with van der Waals surface area (Å²) in [5.41, 5.74) is 0.180. The second-order valence-electron chi connectivity index (χ2n) is 5.06. The lowest BCUT2D eigenvalue weighted by Crippen LogP contribution is -2.34. The smallest absolute Gasteiger partial charge is 0.140 e. The van der Waals surface area contributed by atoms with Gasteiger partial charge in [-0.15, -0.1) is 0 Å². The summed E-state index contributed by atoms with van der Waals surface area (Å²) in [4.78, 5) is 22.0. The number of rotatable bonds is 5. The maximum Gasteiger partial charge on any atom is 0.140 e. The molecule has 1 aromatic rings. The molecule has 0 aliphatic carbocycles. The highest BCUT2D eigenvalue weighted by Gasteiger charge is 2.42. The third-order valence-corrected chi connectivity index (χ3v) is 5.19. The van der Waals surface area contributed by atoms with Crippen LogP contribution in [-0.4, -0.2) is 33.7 Å². The Morgan fingerprint density at radius 1 is 1.48 bits per heavy atom. The van der Waals surface area contributed by atoms with Crippen LogP contribution >= 0.6 is 0 Å². The Bertz CT molecular complexity index is 643. The lowest BCUT2D eigenvalue weighted by molar-refractivity contribution is 0.440. The monoisotopic (exact) mass is 306 g/mol. The van der Waals surface area contributed by atoms with E-state index in [9.17, 15) is 14.0 Å². The molecule has 7 nitrogen and oxygen atoms in total. The molecule has 0 amide bonds. The van der Waals surface area contributed by atoms with Crippen molar-refractivity contribution in [1.29, 1.82) is 5.26 Å². The van der Waals surface area contributed by atoms with Crippen molar-refractivity contribution in [1.82, 2.24) is 4.31 Å². The fraction of sp³-hybridized carbons (Fsp3) is 0.462. The summed E-state index contributed by atoms with van der Waals surface area (Å²) in [5, 5.41) is 14.6. The number of nitroso groups, excluding NO2 is 2. The van der Waals surface area contributed by atoms with Gasteiger partial charge in [0.1, 0.15) is 23.1 Å². The molecule has 0 spiro atoms. The standard InChI is InChI=1S/C13H14N4O3S/c1-10-6-11(7-14)2-3-12(10)21(20)17-5-4-13(9-17,16-19)8-15-18/h2-3,6H,4-5,8-9H2,1H3. The molecule has 1 aromatic carbocycles. The van der Waals surface area contributed by atoms with E-state index in [2.05, 4.69) is 10.4 Å². The van der Waals surface area contributed by atoms with E-state index >= 15 is 0 Å². The van der Waals surface area contributed by atoms with Gasteiger partial charge in [-0.05, 0) is 37.1 Å². The molecule has 2 unspecified atom stereocenters. The summed E-state index contributed by atoms with van der Waals surface area (Å²) in [6, 6.07) is 6.95. The zero-order valence-corrected chi connectivity index (χ0v) is 12.3. The van der Waals surface area contributed by atoms with Gasteiger partial charge in [0.25, 0.3) is 0 Å². The highest BCUT2D eigenvalue weighted by atomic mass is 32.2. The van der Waals surface area contributed by atoms with Gasteiger partial charge in [0.2, 0.25) is 0 Å². The number of benzene rings is 1. The van der Waals surface area contributed by atoms with Crippen molar-refractivity contribution in [2.45, 2.75) is 23.8 Å². The maximum atomic E-state index is 12.6. The number of hydrogen-bond acceptors (Lipinski definition) is 6. The third kappa shape index (κ3) is 3.04. The minimum Gasteiger partial charge on any atom is -0.237 e. The van der Waals surface area contributed by atoms with E-state index in [1.165, 1.54) is 0 Å². The molecule has 0 bridgehead atoms. The average molecular weight is 306 g/mol. The van der Waals surface area contributed by atoms with Crippen LogP contribution in [0.2, 0.25) is 0 Å². The molecule has 8 heteroatoms. The van der Waals surface area contributed by atoms with Crippen molar-refractivity contribution >= 4 is 11.0 Å². The molecule has 2 atom stereocenters. The van der Waals surface area contributed by atoms with Crippen LogP contribution < -0.4 is 0 Å². The van der Waals surface area contributed by atoms with Gasteiger partial charge in [-0.2, -0.15) is 15.1 Å². The molecule has 0 radical (unpaired) electrons. The normalized spacial score (nSPS) is 23.4. The molecular formula is C13H14N4O3S. The van der Waals surface area contributed by atoms with Crippen molar-refractivity contribution in [3.8, 4) is 6.07 Å². The molecule has 0 N–H and O–H groups in total. The molecule has 21 heavy (non-hydrogen) atoms. The fourth-order valence-electron chi connectivity index (χ4n) is 2.37. The summed E-state index contributed by atoms with van der Waals surface area (Å²) in [6.07, 6.45) is 0.364. The zero-order chi connectivity index (χ0) is 15.5. The van der Waals surface area contributed by atoms with E-state index in [4.69, 9.17) is 5.26 Å². The largest absolute Gasteiger partial charge is 0.237 e. The van der Waals surface area contributed by atoms with Gasteiger partial charge in [-0.25, -0.2) is 8.51 Å². The Morgan fingerprint density at radius 2 is 2.24 bits per heavy atom. The van der Waals surface area contributed by atoms with E-state index in [0.29, 0.717) is 23.4 Å². The van der Waals surface area contributed by atoms with Gasteiger partial charge in [-0.1, -0.05) is 10.4 Å². The number of aryl methyl sites for hydroxylation is 1. The van der Waals surface area contributed by atoms with Gasteiger partial charge >= 0.3 is 0 Å². The van der Waals surface area contributed by atoms with Crippen LogP contribution in [0.1, 0.15) is 17.5 Å². The van der Waals surface area contributed by atoms with Crippen LogP contribution in [0.25, 0.3) is 0 Å². The van der Waals surface area contributed by atoms with Crippen LogP contribution in [0.4, 0.5) is 0 Å². The molecule has 1 fully saturated rings. The second kappa shape index (κ2) is 6.20. The maximum absolute atomic E-state index is 12.6. The van der Waals surface area contributed by atoms with Crippen molar-refractivity contribution < 1.29 is 4.21 Å². The first kappa shape index (κ1) is 15.4. The van der Waals surface area contributed by atoms with Crippen molar-refractivity contribution in [3.05, 3.63) is 39.1 Å². The quantitative estimate of drug-likeness (QED) is 0.774. The predicted octanol–water partition coefficient (Wildman–Crippen LogP) is 1.87. The summed E-state index contributed by atoms with van der Waals surface area (Å²) >= 11 is 0. The number of hydrogen-bond donors (Lipinski definition) is 0. The van der Waals surface area contributed by atoms with E-state index in [-0.39, 0.29) is 13.1 Å². The van der Waals surface area contributed by atoms with Gasteiger partial charge in [-0.3, -0.25) is 0 Å². The zero-order valence-electron chi connectivity index (χ0n) is 11.5. The fourth-order valence-corrected chi connectivity index (χ4v) is 3.78. The van der Waals surface area contributed by atoms with E-state index in [1.807, 2.05) is 6.07 Å². The van der Waals surface area contributed by atoms with Gasteiger partial charge in [0.05, 0.1) is 16.5 Å². The lowest BCUT2D eigenvalue weighted by Gasteiger charge is -2.19.